The highest BCUT2D eigenvalue weighted by molar-refractivity contribution is 5.98. The lowest BCUT2D eigenvalue weighted by Crippen LogP contribution is -2.36. The van der Waals surface area contributed by atoms with Gasteiger partial charge in [-0.15, -0.1) is 0 Å². The third-order valence-electron chi connectivity index (χ3n) is 3.34. The van der Waals surface area contributed by atoms with Gasteiger partial charge in [0.15, 0.2) is 11.5 Å². The molecule has 1 aliphatic rings. The standard InChI is InChI=1S/C14H20N2O4/c1-18-11-5-4-10(12(19-2)13(11)20-3)14(17)16-9-6-7-15-8-9/h4-5,9,15H,6-8H2,1-3H3,(H,16,17)/t9-/m0/s1. The van der Waals surface area contributed by atoms with Crippen molar-refractivity contribution in [3.05, 3.63) is 17.7 Å². The fourth-order valence-corrected chi connectivity index (χ4v) is 2.32. The number of benzene rings is 1. The van der Waals surface area contributed by atoms with Gasteiger partial charge in [0, 0.05) is 12.6 Å². The van der Waals surface area contributed by atoms with Gasteiger partial charge in [-0.05, 0) is 25.1 Å². The third kappa shape index (κ3) is 2.80. The molecule has 20 heavy (non-hydrogen) atoms. The summed E-state index contributed by atoms with van der Waals surface area (Å²) >= 11 is 0. The van der Waals surface area contributed by atoms with E-state index < -0.39 is 0 Å². The molecule has 110 valence electrons. The van der Waals surface area contributed by atoms with Crippen LogP contribution in [-0.2, 0) is 0 Å². The molecule has 2 rings (SSSR count). The molecule has 2 N–H and O–H groups in total. The van der Waals surface area contributed by atoms with Crippen molar-refractivity contribution in [2.24, 2.45) is 0 Å². The molecule has 0 bridgehead atoms. The minimum Gasteiger partial charge on any atom is -0.493 e. The maximum atomic E-state index is 12.3. The van der Waals surface area contributed by atoms with E-state index >= 15 is 0 Å². The van der Waals surface area contributed by atoms with Gasteiger partial charge in [0.2, 0.25) is 5.75 Å². The van der Waals surface area contributed by atoms with Crippen LogP contribution >= 0.6 is 0 Å². The van der Waals surface area contributed by atoms with Gasteiger partial charge in [0.25, 0.3) is 5.91 Å². The van der Waals surface area contributed by atoms with Crippen LogP contribution in [0.3, 0.4) is 0 Å². The summed E-state index contributed by atoms with van der Waals surface area (Å²) in [6.45, 7) is 1.72. The molecule has 0 radical (unpaired) electrons. The van der Waals surface area contributed by atoms with Crippen LogP contribution in [0, 0.1) is 0 Å². The average Bonchev–Trinajstić information content (AvgIpc) is 2.98. The normalized spacial score (nSPS) is 17.6. The Hall–Kier alpha value is -1.95. The van der Waals surface area contributed by atoms with Crippen LogP contribution in [0.4, 0.5) is 0 Å². The smallest absolute Gasteiger partial charge is 0.255 e. The highest BCUT2D eigenvalue weighted by atomic mass is 16.5. The first kappa shape index (κ1) is 14.5. The van der Waals surface area contributed by atoms with Gasteiger partial charge in [-0.2, -0.15) is 0 Å². The zero-order chi connectivity index (χ0) is 14.5. The number of carbonyl (C=O) groups excluding carboxylic acids is 1. The Balaban J connectivity index is 2.27. The molecule has 0 unspecified atom stereocenters. The number of nitrogens with one attached hydrogen (secondary N) is 2. The number of hydrogen-bond acceptors (Lipinski definition) is 5. The van der Waals surface area contributed by atoms with Gasteiger partial charge < -0.3 is 24.8 Å². The van der Waals surface area contributed by atoms with Crippen molar-refractivity contribution in [1.82, 2.24) is 10.6 Å². The Labute approximate surface area is 118 Å². The molecular formula is C14H20N2O4. The van der Waals surface area contributed by atoms with E-state index in [4.69, 9.17) is 14.2 Å². The topological polar surface area (TPSA) is 68.8 Å². The molecular weight excluding hydrogens is 260 g/mol. The number of rotatable bonds is 5. The maximum absolute atomic E-state index is 12.3. The minimum absolute atomic E-state index is 0.153. The lowest BCUT2D eigenvalue weighted by molar-refractivity contribution is 0.0936. The highest BCUT2D eigenvalue weighted by Crippen LogP contribution is 2.39. The van der Waals surface area contributed by atoms with Gasteiger partial charge in [0.1, 0.15) is 0 Å². The van der Waals surface area contributed by atoms with E-state index in [9.17, 15) is 4.79 Å². The summed E-state index contributed by atoms with van der Waals surface area (Å²) in [7, 11) is 4.56. The Kier molecular flexibility index (Phi) is 4.68. The summed E-state index contributed by atoms with van der Waals surface area (Å²) < 4.78 is 15.8. The molecule has 1 atom stereocenters. The molecule has 0 aromatic heterocycles. The Bertz CT molecular complexity index is 484. The van der Waals surface area contributed by atoms with Gasteiger partial charge in [-0.1, -0.05) is 0 Å². The Morgan fingerprint density at radius 3 is 2.50 bits per heavy atom. The quantitative estimate of drug-likeness (QED) is 0.835. The lowest BCUT2D eigenvalue weighted by Gasteiger charge is -2.17. The van der Waals surface area contributed by atoms with E-state index in [2.05, 4.69) is 10.6 Å². The maximum Gasteiger partial charge on any atom is 0.255 e. The van der Waals surface area contributed by atoms with Crippen molar-refractivity contribution in [3.63, 3.8) is 0 Å². The molecule has 1 aromatic carbocycles. The largest absolute Gasteiger partial charge is 0.493 e. The first-order chi connectivity index (χ1) is 9.71. The van der Waals surface area contributed by atoms with Crippen LogP contribution in [0.5, 0.6) is 17.2 Å². The molecule has 1 aromatic rings. The van der Waals surface area contributed by atoms with Crippen molar-refractivity contribution in [2.45, 2.75) is 12.5 Å². The van der Waals surface area contributed by atoms with Crippen molar-refractivity contribution in [2.75, 3.05) is 34.4 Å². The summed E-state index contributed by atoms with van der Waals surface area (Å²) in [5, 5.41) is 6.19. The SMILES string of the molecule is COc1ccc(C(=O)N[C@H]2CCNC2)c(OC)c1OC. The molecule has 6 heteroatoms. The van der Waals surface area contributed by atoms with E-state index in [1.165, 1.54) is 14.2 Å². The molecule has 1 aliphatic heterocycles. The molecule has 6 nitrogen and oxygen atoms in total. The number of hydrogen-bond donors (Lipinski definition) is 2. The summed E-state index contributed by atoms with van der Waals surface area (Å²) in [5.41, 5.74) is 0.442. The molecule has 0 aliphatic carbocycles. The van der Waals surface area contributed by atoms with E-state index in [0.29, 0.717) is 22.8 Å². The van der Waals surface area contributed by atoms with Crippen LogP contribution in [0.25, 0.3) is 0 Å². The second kappa shape index (κ2) is 6.47. The third-order valence-corrected chi connectivity index (χ3v) is 3.34. The first-order valence-corrected chi connectivity index (χ1v) is 6.51. The average molecular weight is 280 g/mol. The van der Waals surface area contributed by atoms with Crippen LogP contribution in [0.15, 0.2) is 12.1 Å². The zero-order valence-electron chi connectivity index (χ0n) is 12.0. The predicted octanol–water partition coefficient (Wildman–Crippen LogP) is 0.804. The van der Waals surface area contributed by atoms with E-state index in [1.807, 2.05) is 0 Å². The molecule has 1 saturated heterocycles. The Morgan fingerprint density at radius 1 is 1.20 bits per heavy atom. The zero-order valence-corrected chi connectivity index (χ0v) is 12.0. The summed E-state index contributed by atoms with van der Waals surface area (Å²) in [6, 6.07) is 3.53. The van der Waals surface area contributed by atoms with Gasteiger partial charge in [0.05, 0.1) is 26.9 Å². The van der Waals surface area contributed by atoms with Crippen LogP contribution in [0.2, 0.25) is 0 Å². The second-order valence-electron chi connectivity index (χ2n) is 4.55. The molecule has 1 fully saturated rings. The minimum atomic E-state index is -0.170. The monoisotopic (exact) mass is 280 g/mol. The van der Waals surface area contributed by atoms with Crippen molar-refractivity contribution in [3.8, 4) is 17.2 Å². The number of carbonyl (C=O) groups is 1. The van der Waals surface area contributed by atoms with Crippen LogP contribution < -0.4 is 24.8 Å². The molecule has 1 heterocycles. The first-order valence-electron chi connectivity index (χ1n) is 6.51. The number of amides is 1. The number of ether oxygens (including phenoxy) is 3. The summed E-state index contributed by atoms with van der Waals surface area (Å²) in [6.07, 6.45) is 0.932. The van der Waals surface area contributed by atoms with E-state index in [-0.39, 0.29) is 11.9 Å². The highest BCUT2D eigenvalue weighted by Gasteiger charge is 2.23. The van der Waals surface area contributed by atoms with Gasteiger partial charge in [-0.25, -0.2) is 0 Å². The molecule has 1 amide bonds. The number of methoxy groups -OCH3 is 3. The summed E-state index contributed by atoms with van der Waals surface area (Å²) in [5.74, 6) is 1.17. The van der Waals surface area contributed by atoms with Gasteiger partial charge in [-0.3, -0.25) is 4.79 Å². The predicted molar refractivity (Wildman–Crippen MR) is 74.8 cm³/mol. The van der Waals surface area contributed by atoms with Crippen molar-refractivity contribution >= 4 is 5.91 Å². The van der Waals surface area contributed by atoms with Crippen molar-refractivity contribution < 1.29 is 19.0 Å². The second-order valence-corrected chi connectivity index (χ2v) is 4.55. The lowest BCUT2D eigenvalue weighted by atomic mass is 10.1. The fraction of sp³-hybridized carbons (Fsp3) is 0.500. The van der Waals surface area contributed by atoms with E-state index in [0.717, 1.165) is 19.5 Å². The van der Waals surface area contributed by atoms with Gasteiger partial charge >= 0.3 is 0 Å². The molecule has 0 spiro atoms. The molecule has 0 saturated carbocycles. The summed E-state index contributed by atoms with van der Waals surface area (Å²) in [4.78, 5) is 12.3. The van der Waals surface area contributed by atoms with Crippen LogP contribution in [0.1, 0.15) is 16.8 Å². The Morgan fingerprint density at radius 2 is 1.95 bits per heavy atom. The van der Waals surface area contributed by atoms with Crippen molar-refractivity contribution in [1.29, 1.82) is 0 Å². The van der Waals surface area contributed by atoms with E-state index in [1.54, 1.807) is 19.2 Å². The fourth-order valence-electron chi connectivity index (χ4n) is 2.32. The van der Waals surface area contributed by atoms with Crippen LogP contribution in [-0.4, -0.2) is 46.4 Å².